The van der Waals surface area contributed by atoms with Gasteiger partial charge in [-0.15, -0.1) is 0 Å². The van der Waals surface area contributed by atoms with Crippen molar-refractivity contribution in [2.24, 2.45) is 0 Å². The smallest absolute Gasteiger partial charge is 0.0540 e. The molecule has 0 spiro atoms. The monoisotopic (exact) mass is 359 g/mol. The molecule has 0 aromatic heterocycles. The molecule has 0 bridgehead atoms. The SMILES string of the molecule is Cc1ccc(N(c2ccc3ccccc3c2)c2cccc3ccccc23)cc1. The molecule has 5 aromatic carbocycles. The molecule has 0 unspecified atom stereocenters. The first kappa shape index (κ1) is 16.6. The average molecular weight is 359 g/mol. The molecule has 134 valence electrons. The Bertz CT molecular complexity index is 1260. The number of hydrogen-bond acceptors (Lipinski definition) is 1. The molecule has 1 nitrogen and oxygen atoms in total. The molecule has 0 aliphatic rings. The topological polar surface area (TPSA) is 3.24 Å². The third-order valence-corrected chi connectivity index (χ3v) is 5.29. The van der Waals surface area contributed by atoms with Crippen molar-refractivity contribution in [1.82, 2.24) is 0 Å². The fraction of sp³-hybridized carbons (Fsp3) is 0.0370. The van der Waals surface area contributed by atoms with Crippen LogP contribution in [0.3, 0.4) is 0 Å². The lowest BCUT2D eigenvalue weighted by Gasteiger charge is -2.27. The largest absolute Gasteiger partial charge is 0.310 e. The lowest BCUT2D eigenvalue weighted by atomic mass is 10.0. The van der Waals surface area contributed by atoms with E-state index >= 15 is 0 Å². The summed E-state index contributed by atoms with van der Waals surface area (Å²) < 4.78 is 0. The maximum Gasteiger partial charge on any atom is 0.0540 e. The Morgan fingerprint density at radius 1 is 0.500 bits per heavy atom. The molecule has 0 saturated heterocycles. The van der Waals surface area contributed by atoms with E-state index in [4.69, 9.17) is 0 Å². The number of hydrogen-bond donors (Lipinski definition) is 0. The molecule has 5 aromatic rings. The van der Waals surface area contributed by atoms with Crippen LogP contribution >= 0.6 is 0 Å². The first-order chi connectivity index (χ1) is 13.8. The summed E-state index contributed by atoms with van der Waals surface area (Å²) in [5.74, 6) is 0. The van der Waals surface area contributed by atoms with Crippen molar-refractivity contribution in [3.63, 3.8) is 0 Å². The van der Waals surface area contributed by atoms with Gasteiger partial charge in [0.1, 0.15) is 0 Å². The minimum absolute atomic E-state index is 1.16. The molecular formula is C27H21N. The van der Waals surface area contributed by atoms with Gasteiger partial charge in [0.25, 0.3) is 0 Å². The Hall–Kier alpha value is -3.58. The summed E-state index contributed by atoms with van der Waals surface area (Å²) in [6.07, 6.45) is 0. The fourth-order valence-electron chi connectivity index (χ4n) is 3.84. The van der Waals surface area contributed by atoms with E-state index in [-0.39, 0.29) is 0 Å². The van der Waals surface area contributed by atoms with E-state index in [0.717, 1.165) is 5.69 Å². The predicted molar refractivity (Wildman–Crippen MR) is 121 cm³/mol. The Balaban J connectivity index is 1.78. The Labute approximate surface area is 165 Å². The van der Waals surface area contributed by atoms with Crippen molar-refractivity contribution in [2.45, 2.75) is 6.92 Å². The molecule has 1 heteroatoms. The highest BCUT2D eigenvalue weighted by molar-refractivity contribution is 6.00. The first-order valence-electron chi connectivity index (χ1n) is 9.63. The van der Waals surface area contributed by atoms with Crippen LogP contribution in [0.15, 0.2) is 109 Å². The predicted octanol–water partition coefficient (Wildman–Crippen LogP) is 7.77. The summed E-state index contributed by atoms with van der Waals surface area (Å²) in [6, 6.07) is 39.1. The van der Waals surface area contributed by atoms with Crippen LogP contribution in [0, 0.1) is 6.92 Å². The second-order valence-corrected chi connectivity index (χ2v) is 7.20. The molecule has 5 rings (SSSR count). The quantitative estimate of drug-likeness (QED) is 0.318. The summed E-state index contributed by atoms with van der Waals surface area (Å²) in [5, 5.41) is 5.00. The van der Waals surface area contributed by atoms with Gasteiger partial charge in [-0.1, -0.05) is 84.4 Å². The zero-order valence-electron chi connectivity index (χ0n) is 15.8. The first-order valence-corrected chi connectivity index (χ1v) is 9.63. The van der Waals surface area contributed by atoms with Gasteiger partial charge in [0.2, 0.25) is 0 Å². The minimum Gasteiger partial charge on any atom is -0.310 e. The van der Waals surface area contributed by atoms with Crippen molar-refractivity contribution in [1.29, 1.82) is 0 Å². The number of nitrogens with zero attached hydrogens (tertiary/aromatic N) is 1. The van der Waals surface area contributed by atoms with E-state index in [1.54, 1.807) is 0 Å². The highest BCUT2D eigenvalue weighted by Gasteiger charge is 2.15. The highest BCUT2D eigenvalue weighted by atomic mass is 15.1. The molecule has 0 radical (unpaired) electrons. The van der Waals surface area contributed by atoms with Gasteiger partial charge in [-0.3, -0.25) is 0 Å². The van der Waals surface area contributed by atoms with Gasteiger partial charge in [0.15, 0.2) is 0 Å². The van der Waals surface area contributed by atoms with Crippen LogP contribution in [0.25, 0.3) is 21.5 Å². The van der Waals surface area contributed by atoms with Crippen LogP contribution in [-0.4, -0.2) is 0 Å². The van der Waals surface area contributed by atoms with Crippen LogP contribution in [0.2, 0.25) is 0 Å². The third kappa shape index (κ3) is 2.91. The lowest BCUT2D eigenvalue weighted by Crippen LogP contribution is -2.10. The Morgan fingerprint density at radius 2 is 1.14 bits per heavy atom. The van der Waals surface area contributed by atoms with E-state index in [9.17, 15) is 0 Å². The van der Waals surface area contributed by atoms with E-state index in [1.165, 1.54) is 38.5 Å². The van der Waals surface area contributed by atoms with Crippen molar-refractivity contribution in [3.8, 4) is 0 Å². The molecule has 0 atom stereocenters. The number of benzene rings is 5. The highest BCUT2D eigenvalue weighted by Crippen LogP contribution is 2.39. The van der Waals surface area contributed by atoms with Gasteiger partial charge < -0.3 is 4.90 Å². The lowest BCUT2D eigenvalue weighted by molar-refractivity contribution is 1.29. The molecule has 28 heavy (non-hydrogen) atoms. The van der Waals surface area contributed by atoms with Crippen molar-refractivity contribution in [3.05, 3.63) is 115 Å². The van der Waals surface area contributed by atoms with E-state index < -0.39 is 0 Å². The fourth-order valence-corrected chi connectivity index (χ4v) is 3.84. The zero-order valence-corrected chi connectivity index (χ0v) is 15.8. The second kappa shape index (κ2) is 6.86. The molecule has 0 saturated carbocycles. The van der Waals surface area contributed by atoms with Gasteiger partial charge in [0, 0.05) is 16.8 Å². The van der Waals surface area contributed by atoms with Crippen molar-refractivity contribution < 1.29 is 0 Å². The van der Waals surface area contributed by atoms with Crippen LogP contribution in [-0.2, 0) is 0 Å². The summed E-state index contributed by atoms with van der Waals surface area (Å²) in [4.78, 5) is 2.36. The Morgan fingerprint density at radius 3 is 1.96 bits per heavy atom. The summed E-state index contributed by atoms with van der Waals surface area (Å²) >= 11 is 0. The van der Waals surface area contributed by atoms with E-state index in [1.807, 2.05) is 0 Å². The van der Waals surface area contributed by atoms with Crippen molar-refractivity contribution >= 4 is 38.6 Å². The molecule has 0 amide bonds. The van der Waals surface area contributed by atoms with Crippen LogP contribution in [0.4, 0.5) is 17.1 Å². The van der Waals surface area contributed by atoms with Crippen LogP contribution in [0.1, 0.15) is 5.56 Å². The van der Waals surface area contributed by atoms with Crippen LogP contribution < -0.4 is 4.90 Å². The summed E-state index contributed by atoms with van der Waals surface area (Å²) in [5.41, 5.74) is 4.79. The standard InChI is InChI=1S/C27H21N/c1-20-13-16-24(17-14-20)28(25-18-15-21-7-2-3-9-23(21)19-25)27-12-6-10-22-8-4-5-11-26(22)27/h2-19H,1H3. The van der Waals surface area contributed by atoms with Gasteiger partial charge >= 0.3 is 0 Å². The van der Waals surface area contributed by atoms with Crippen molar-refractivity contribution in [2.75, 3.05) is 4.90 Å². The molecule has 0 N–H and O–H groups in total. The molecule has 0 fully saturated rings. The Kier molecular flexibility index (Phi) is 4.06. The van der Waals surface area contributed by atoms with Gasteiger partial charge in [-0.05, 0) is 53.4 Å². The molecule has 0 aliphatic heterocycles. The second-order valence-electron chi connectivity index (χ2n) is 7.20. The minimum atomic E-state index is 1.16. The third-order valence-electron chi connectivity index (χ3n) is 5.29. The number of anilines is 3. The van der Waals surface area contributed by atoms with E-state index in [2.05, 4.69) is 121 Å². The maximum absolute atomic E-state index is 2.36. The number of aryl methyl sites for hydroxylation is 1. The maximum atomic E-state index is 2.36. The number of rotatable bonds is 3. The molecule has 0 aliphatic carbocycles. The summed E-state index contributed by atoms with van der Waals surface area (Å²) in [6.45, 7) is 2.13. The summed E-state index contributed by atoms with van der Waals surface area (Å²) in [7, 11) is 0. The van der Waals surface area contributed by atoms with Gasteiger partial charge in [-0.25, -0.2) is 0 Å². The molecule has 0 heterocycles. The zero-order chi connectivity index (χ0) is 18.9. The normalized spacial score (nSPS) is 11.0. The number of fused-ring (bicyclic) bond motifs is 2. The van der Waals surface area contributed by atoms with Crippen LogP contribution in [0.5, 0.6) is 0 Å². The van der Waals surface area contributed by atoms with E-state index in [0.29, 0.717) is 0 Å². The van der Waals surface area contributed by atoms with Gasteiger partial charge in [-0.2, -0.15) is 0 Å². The molecular weight excluding hydrogens is 338 g/mol. The van der Waals surface area contributed by atoms with Gasteiger partial charge in [0.05, 0.1) is 5.69 Å². The average Bonchev–Trinajstić information content (AvgIpc) is 2.75.